The molecule has 0 unspecified atom stereocenters. The van der Waals surface area contributed by atoms with Crippen LogP contribution < -0.4 is 10.1 Å². The molecular formula is C12H12ClF2N3O. The van der Waals surface area contributed by atoms with E-state index >= 15 is 0 Å². The van der Waals surface area contributed by atoms with Crippen LogP contribution >= 0.6 is 11.6 Å². The van der Waals surface area contributed by atoms with Crippen molar-refractivity contribution in [3.05, 3.63) is 47.0 Å². The van der Waals surface area contributed by atoms with Gasteiger partial charge in [-0.25, -0.2) is 4.98 Å². The van der Waals surface area contributed by atoms with Gasteiger partial charge in [0.05, 0.1) is 6.33 Å². The molecule has 0 amide bonds. The summed E-state index contributed by atoms with van der Waals surface area (Å²) in [5, 5.41) is 3.56. The maximum absolute atomic E-state index is 12.3. The highest BCUT2D eigenvalue weighted by atomic mass is 35.5. The molecule has 0 fully saturated rings. The van der Waals surface area contributed by atoms with E-state index in [-0.39, 0.29) is 5.75 Å². The molecule has 0 atom stereocenters. The molecule has 2 N–H and O–H groups in total. The number of aromatic amines is 1. The van der Waals surface area contributed by atoms with Gasteiger partial charge in [0, 0.05) is 35.6 Å². The van der Waals surface area contributed by atoms with Crippen LogP contribution in [0.15, 0.2) is 30.7 Å². The molecule has 19 heavy (non-hydrogen) atoms. The van der Waals surface area contributed by atoms with Crippen molar-refractivity contribution in [3.63, 3.8) is 0 Å². The zero-order chi connectivity index (χ0) is 13.7. The topological polar surface area (TPSA) is 49.9 Å². The number of nitrogens with zero attached hydrogens (tertiary/aromatic N) is 1. The Balaban J connectivity index is 1.99. The number of aromatic nitrogens is 2. The predicted octanol–water partition coefficient (Wildman–Crippen LogP) is 2.95. The summed E-state index contributed by atoms with van der Waals surface area (Å²) in [4.78, 5) is 6.81. The van der Waals surface area contributed by atoms with Crippen LogP contribution in [-0.2, 0) is 13.1 Å². The van der Waals surface area contributed by atoms with Gasteiger partial charge in [-0.3, -0.25) is 0 Å². The smallest absolute Gasteiger partial charge is 0.387 e. The van der Waals surface area contributed by atoms with Crippen molar-refractivity contribution >= 4 is 11.6 Å². The molecule has 0 aliphatic rings. The van der Waals surface area contributed by atoms with Gasteiger partial charge in [-0.2, -0.15) is 8.78 Å². The molecule has 1 heterocycles. The van der Waals surface area contributed by atoms with Crippen molar-refractivity contribution in [2.75, 3.05) is 0 Å². The number of nitrogens with one attached hydrogen (secondary N) is 2. The summed E-state index contributed by atoms with van der Waals surface area (Å²) in [7, 11) is 0. The van der Waals surface area contributed by atoms with Gasteiger partial charge < -0.3 is 15.0 Å². The maximum Gasteiger partial charge on any atom is 0.387 e. The van der Waals surface area contributed by atoms with E-state index in [1.54, 1.807) is 18.6 Å². The lowest BCUT2D eigenvalue weighted by atomic mass is 10.2. The van der Waals surface area contributed by atoms with Gasteiger partial charge in [0.2, 0.25) is 0 Å². The first-order valence-electron chi connectivity index (χ1n) is 5.56. The van der Waals surface area contributed by atoms with Gasteiger partial charge in [0.1, 0.15) is 5.75 Å². The van der Waals surface area contributed by atoms with E-state index in [1.807, 2.05) is 0 Å². The van der Waals surface area contributed by atoms with Crippen LogP contribution in [0.5, 0.6) is 5.75 Å². The van der Waals surface area contributed by atoms with E-state index in [4.69, 9.17) is 11.6 Å². The number of hydrogen-bond donors (Lipinski definition) is 2. The predicted molar refractivity (Wildman–Crippen MR) is 67.2 cm³/mol. The van der Waals surface area contributed by atoms with Crippen molar-refractivity contribution < 1.29 is 13.5 Å². The van der Waals surface area contributed by atoms with Gasteiger partial charge in [-0.15, -0.1) is 0 Å². The fourth-order valence-electron chi connectivity index (χ4n) is 1.61. The molecule has 0 saturated heterocycles. The summed E-state index contributed by atoms with van der Waals surface area (Å²) >= 11 is 5.84. The minimum atomic E-state index is -2.85. The fraction of sp³-hybridized carbons (Fsp3) is 0.250. The Morgan fingerprint density at radius 2 is 2.21 bits per heavy atom. The SMILES string of the molecule is FC(F)Oc1ccc(Cl)cc1CNCc1cnc[nH]1. The van der Waals surface area contributed by atoms with Crippen LogP contribution in [0.25, 0.3) is 0 Å². The highest BCUT2D eigenvalue weighted by Gasteiger charge is 2.10. The quantitative estimate of drug-likeness (QED) is 0.859. The van der Waals surface area contributed by atoms with E-state index in [0.717, 1.165) is 5.69 Å². The van der Waals surface area contributed by atoms with E-state index in [9.17, 15) is 8.78 Å². The Kier molecular flexibility index (Phi) is 4.70. The van der Waals surface area contributed by atoms with E-state index in [1.165, 1.54) is 12.1 Å². The van der Waals surface area contributed by atoms with Gasteiger partial charge >= 0.3 is 6.61 Å². The molecule has 1 aromatic heterocycles. The molecule has 7 heteroatoms. The Hall–Kier alpha value is -1.66. The van der Waals surface area contributed by atoms with Crippen LogP contribution in [0.3, 0.4) is 0 Å². The first kappa shape index (κ1) is 13.8. The number of halogens is 3. The van der Waals surface area contributed by atoms with Crippen LogP contribution in [-0.4, -0.2) is 16.6 Å². The molecule has 2 rings (SSSR count). The standard InChI is InChI=1S/C12H12ClF2N3O/c13-9-1-2-11(19-12(14)15)8(3-9)4-16-5-10-6-17-7-18-10/h1-3,6-7,12,16H,4-5H2,(H,17,18). The second-order valence-electron chi connectivity index (χ2n) is 3.81. The molecule has 2 aromatic rings. The zero-order valence-corrected chi connectivity index (χ0v) is 10.6. The van der Waals surface area contributed by atoms with Crippen LogP contribution in [0, 0.1) is 0 Å². The third-order valence-electron chi connectivity index (χ3n) is 2.42. The van der Waals surface area contributed by atoms with E-state index in [0.29, 0.717) is 23.7 Å². The van der Waals surface area contributed by atoms with Crippen LogP contribution in [0.2, 0.25) is 5.02 Å². The second kappa shape index (κ2) is 6.49. The molecule has 0 saturated carbocycles. The minimum absolute atomic E-state index is 0.122. The van der Waals surface area contributed by atoms with Crippen LogP contribution in [0.1, 0.15) is 11.3 Å². The molecule has 4 nitrogen and oxygen atoms in total. The molecule has 1 aromatic carbocycles. The van der Waals surface area contributed by atoms with E-state index in [2.05, 4.69) is 20.0 Å². The molecule has 0 radical (unpaired) electrons. The molecule has 0 spiro atoms. The van der Waals surface area contributed by atoms with Crippen molar-refractivity contribution in [1.82, 2.24) is 15.3 Å². The lowest BCUT2D eigenvalue weighted by Crippen LogP contribution is -2.14. The highest BCUT2D eigenvalue weighted by molar-refractivity contribution is 6.30. The highest BCUT2D eigenvalue weighted by Crippen LogP contribution is 2.24. The summed E-state index contributed by atoms with van der Waals surface area (Å²) in [6.07, 6.45) is 3.25. The lowest BCUT2D eigenvalue weighted by Gasteiger charge is -2.11. The third kappa shape index (κ3) is 4.18. The second-order valence-corrected chi connectivity index (χ2v) is 4.25. The van der Waals surface area contributed by atoms with Gasteiger partial charge in [0.25, 0.3) is 0 Å². The first-order valence-corrected chi connectivity index (χ1v) is 5.94. The van der Waals surface area contributed by atoms with Crippen molar-refractivity contribution in [2.24, 2.45) is 0 Å². The summed E-state index contributed by atoms with van der Waals surface area (Å²) in [5.74, 6) is 0.122. The average molecular weight is 288 g/mol. The van der Waals surface area contributed by atoms with Gasteiger partial charge in [-0.05, 0) is 18.2 Å². The van der Waals surface area contributed by atoms with Crippen molar-refractivity contribution in [2.45, 2.75) is 19.7 Å². The molecule has 102 valence electrons. The Morgan fingerprint density at radius 3 is 2.89 bits per heavy atom. The van der Waals surface area contributed by atoms with Crippen molar-refractivity contribution in [1.29, 1.82) is 0 Å². The number of benzene rings is 1. The summed E-state index contributed by atoms with van der Waals surface area (Å²) in [6, 6.07) is 4.54. The monoisotopic (exact) mass is 287 g/mol. The number of H-pyrrole nitrogens is 1. The maximum atomic E-state index is 12.3. The normalized spacial score (nSPS) is 10.9. The zero-order valence-electron chi connectivity index (χ0n) is 9.87. The van der Waals surface area contributed by atoms with E-state index < -0.39 is 6.61 Å². The van der Waals surface area contributed by atoms with Gasteiger partial charge in [-0.1, -0.05) is 11.6 Å². The number of rotatable bonds is 6. The number of ether oxygens (including phenoxy) is 1. The summed E-state index contributed by atoms with van der Waals surface area (Å²) < 4.78 is 29.0. The molecule has 0 bridgehead atoms. The van der Waals surface area contributed by atoms with Crippen molar-refractivity contribution in [3.8, 4) is 5.75 Å². The van der Waals surface area contributed by atoms with Gasteiger partial charge in [0.15, 0.2) is 0 Å². The average Bonchev–Trinajstić information content (AvgIpc) is 2.85. The summed E-state index contributed by atoms with van der Waals surface area (Å²) in [5.41, 5.74) is 1.48. The minimum Gasteiger partial charge on any atom is -0.434 e. The Morgan fingerprint density at radius 1 is 1.37 bits per heavy atom. The largest absolute Gasteiger partial charge is 0.434 e. The fourth-order valence-corrected chi connectivity index (χ4v) is 1.81. The summed E-state index contributed by atoms with van der Waals surface area (Å²) in [6.45, 7) is -1.95. The number of imidazole rings is 1. The Bertz CT molecular complexity index is 520. The molecule has 0 aliphatic heterocycles. The number of hydrogen-bond acceptors (Lipinski definition) is 3. The molecule has 0 aliphatic carbocycles. The number of alkyl halides is 2. The lowest BCUT2D eigenvalue weighted by molar-refractivity contribution is -0.0505. The Labute approximate surface area is 113 Å². The third-order valence-corrected chi connectivity index (χ3v) is 2.66. The molecular weight excluding hydrogens is 276 g/mol. The van der Waals surface area contributed by atoms with Crippen LogP contribution in [0.4, 0.5) is 8.78 Å². The first-order chi connectivity index (χ1) is 9.15.